The highest BCUT2D eigenvalue weighted by atomic mass is 32.1. The molecule has 1 aliphatic heterocycles. The maximum absolute atomic E-state index is 13.1. The lowest BCUT2D eigenvalue weighted by atomic mass is 10.00. The molecule has 3 aromatic rings. The third-order valence-corrected chi connectivity index (χ3v) is 6.08. The minimum atomic E-state index is -4.81. The van der Waals surface area contributed by atoms with Crippen LogP contribution in [0.5, 0.6) is 5.75 Å². The topological polar surface area (TPSA) is 85.6 Å². The number of nitro groups is 1. The summed E-state index contributed by atoms with van der Waals surface area (Å²) in [7, 11) is 1.57. The largest absolute Gasteiger partial charge is 0.497 e. The molecule has 7 nitrogen and oxygen atoms in total. The number of nitro benzene ring substituents is 1. The van der Waals surface area contributed by atoms with Gasteiger partial charge in [0.15, 0.2) is 5.13 Å². The lowest BCUT2D eigenvalue weighted by Crippen LogP contribution is -2.31. The molecule has 0 saturated heterocycles. The summed E-state index contributed by atoms with van der Waals surface area (Å²) in [6.07, 6.45) is -4.17. The Kier molecular flexibility index (Phi) is 4.85. The molecule has 2 heterocycles. The predicted octanol–water partition coefficient (Wildman–Crippen LogP) is 4.15. The molecule has 0 amide bonds. The second kappa shape index (κ2) is 7.24. The molecule has 0 fully saturated rings. The Morgan fingerprint density at radius 3 is 2.67 bits per heavy atom. The van der Waals surface area contributed by atoms with Crippen molar-refractivity contribution in [2.24, 2.45) is 0 Å². The molecular weight excluding hydrogens is 423 g/mol. The van der Waals surface area contributed by atoms with Crippen LogP contribution < -0.4 is 15.2 Å². The summed E-state index contributed by atoms with van der Waals surface area (Å²) < 4.78 is 44.4. The fraction of sp³-hybridized carbons (Fsp3) is 0.263. The van der Waals surface area contributed by atoms with Crippen molar-refractivity contribution in [2.45, 2.75) is 19.1 Å². The number of alkyl halides is 3. The Morgan fingerprint density at radius 1 is 1.23 bits per heavy atom. The zero-order chi connectivity index (χ0) is 21.6. The van der Waals surface area contributed by atoms with Gasteiger partial charge in [-0.2, -0.15) is 18.2 Å². The van der Waals surface area contributed by atoms with E-state index in [1.54, 1.807) is 12.0 Å². The molecule has 0 saturated carbocycles. The number of aromatic nitrogens is 1. The van der Waals surface area contributed by atoms with Crippen LogP contribution in [0.25, 0.3) is 10.1 Å². The van der Waals surface area contributed by atoms with Gasteiger partial charge in [0.1, 0.15) is 10.4 Å². The highest BCUT2D eigenvalue weighted by Crippen LogP contribution is 2.39. The molecule has 156 valence electrons. The van der Waals surface area contributed by atoms with Crippen molar-refractivity contribution >= 4 is 32.2 Å². The predicted molar refractivity (Wildman–Crippen MR) is 105 cm³/mol. The van der Waals surface area contributed by atoms with Crippen molar-refractivity contribution in [3.63, 3.8) is 0 Å². The number of benzene rings is 2. The molecular formula is C19H14F3N3O4S. The van der Waals surface area contributed by atoms with E-state index in [0.29, 0.717) is 31.6 Å². The normalized spacial score (nSPS) is 13.9. The second-order valence-corrected chi connectivity index (χ2v) is 7.71. The van der Waals surface area contributed by atoms with E-state index in [0.717, 1.165) is 28.2 Å². The molecule has 0 atom stereocenters. The first-order valence-corrected chi connectivity index (χ1v) is 9.60. The summed E-state index contributed by atoms with van der Waals surface area (Å²) in [6, 6.07) is 6.70. The summed E-state index contributed by atoms with van der Waals surface area (Å²) in [5.74, 6) is 0.729. The van der Waals surface area contributed by atoms with Crippen LogP contribution >= 0.6 is 11.3 Å². The molecule has 0 unspecified atom stereocenters. The van der Waals surface area contributed by atoms with Crippen molar-refractivity contribution < 1.29 is 22.8 Å². The monoisotopic (exact) mass is 437 g/mol. The molecule has 0 aliphatic carbocycles. The zero-order valence-corrected chi connectivity index (χ0v) is 16.3. The Balaban J connectivity index is 1.80. The van der Waals surface area contributed by atoms with Crippen LogP contribution in [0.3, 0.4) is 0 Å². The molecule has 0 spiro atoms. The number of nitrogens with zero attached hydrogens (tertiary/aromatic N) is 3. The van der Waals surface area contributed by atoms with E-state index in [1.807, 2.05) is 18.2 Å². The SMILES string of the molecule is COc1ccc2c(c1)CCN(c1nc(=O)c3cc(C(F)(F)F)cc([N+](=O)[O-])c3s1)C2. The molecule has 0 bridgehead atoms. The maximum Gasteiger partial charge on any atom is 0.416 e. The van der Waals surface area contributed by atoms with Gasteiger partial charge in [-0.3, -0.25) is 14.9 Å². The third-order valence-electron chi connectivity index (χ3n) is 4.91. The Hall–Kier alpha value is -3.21. The van der Waals surface area contributed by atoms with Gasteiger partial charge in [0.2, 0.25) is 0 Å². The summed E-state index contributed by atoms with van der Waals surface area (Å²) >= 11 is 0.845. The molecule has 0 N–H and O–H groups in total. The van der Waals surface area contributed by atoms with Gasteiger partial charge in [0, 0.05) is 19.2 Å². The van der Waals surface area contributed by atoms with Crippen molar-refractivity contribution in [1.82, 2.24) is 4.98 Å². The van der Waals surface area contributed by atoms with E-state index in [1.165, 1.54) is 0 Å². The van der Waals surface area contributed by atoms with Crippen LogP contribution in [0, 0.1) is 10.1 Å². The van der Waals surface area contributed by atoms with Crippen LogP contribution in [0.4, 0.5) is 24.0 Å². The van der Waals surface area contributed by atoms with Gasteiger partial charge < -0.3 is 9.64 Å². The van der Waals surface area contributed by atoms with Gasteiger partial charge in [0.25, 0.3) is 11.2 Å². The fourth-order valence-electron chi connectivity index (χ4n) is 3.40. The number of fused-ring (bicyclic) bond motifs is 2. The first-order valence-electron chi connectivity index (χ1n) is 8.78. The van der Waals surface area contributed by atoms with E-state index in [-0.39, 0.29) is 9.83 Å². The number of halogens is 3. The second-order valence-electron chi connectivity index (χ2n) is 6.73. The summed E-state index contributed by atoms with van der Waals surface area (Å²) in [4.78, 5) is 28.7. The third kappa shape index (κ3) is 3.56. The van der Waals surface area contributed by atoms with Gasteiger partial charge in [-0.15, -0.1) is 0 Å². The van der Waals surface area contributed by atoms with E-state index in [9.17, 15) is 28.1 Å². The minimum absolute atomic E-state index is 0.122. The van der Waals surface area contributed by atoms with Crippen molar-refractivity contribution in [3.8, 4) is 5.75 Å². The highest BCUT2D eigenvalue weighted by Gasteiger charge is 2.34. The van der Waals surface area contributed by atoms with Crippen LogP contribution in [0.2, 0.25) is 0 Å². The first kappa shape index (κ1) is 20.1. The number of hydrogen-bond donors (Lipinski definition) is 0. The van der Waals surface area contributed by atoms with E-state index in [4.69, 9.17) is 4.74 Å². The van der Waals surface area contributed by atoms with Gasteiger partial charge in [-0.05, 0) is 35.7 Å². The van der Waals surface area contributed by atoms with Crippen LogP contribution in [-0.4, -0.2) is 23.6 Å². The Bertz CT molecular complexity index is 1230. The van der Waals surface area contributed by atoms with Crippen molar-refractivity contribution in [3.05, 3.63) is 67.5 Å². The standard InChI is InChI=1S/C19H14F3N3O4S/c1-29-13-3-2-11-9-24(5-4-10(11)6-13)18-23-17(26)14-7-12(19(20,21)22)8-15(25(27)28)16(14)30-18/h2-3,6-8H,4-5,9H2,1H3. The average Bonchev–Trinajstić information content (AvgIpc) is 2.71. The molecule has 0 radical (unpaired) electrons. The van der Waals surface area contributed by atoms with Gasteiger partial charge >= 0.3 is 6.18 Å². The van der Waals surface area contributed by atoms with Crippen LogP contribution in [-0.2, 0) is 19.1 Å². The number of anilines is 1. The number of non-ortho nitro benzene ring substituents is 1. The molecule has 1 aliphatic rings. The summed E-state index contributed by atoms with van der Waals surface area (Å²) in [6.45, 7) is 0.922. The van der Waals surface area contributed by atoms with Gasteiger partial charge in [-0.25, -0.2) is 0 Å². The zero-order valence-electron chi connectivity index (χ0n) is 15.5. The Labute approximate surface area is 171 Å². The van der Waals surface area contributed by atoms with Crippen molar-refractivity contribution in [2.75, 3.05) is 18.6 Å². The molecule has 1 aromatic heterocycles. The van der Waals surface area contributed by atoms with Gasteiger partial charge in [0.05, 0.1) is 23.0 Å². The van der Waals surface area contributed by atoms with E-state index < -0.39 is 33.3 Å². The minimum Gasteiger partial charge on any atom is -0.497 e. The quantitative estimate of drug-likeness (QED) is 0.452. The Morgan fingerprint density at radius 2 is 2.00 bits per heavy atom. The smallest absolute Gasteiger partial charge is 0.416 e. The molecule has 2 aromatic carbocycles. The molecule has 4 rings (SSSR count). The number of ether oxygens (including phenoxy) is 1. The average molecular weight is 437 g/mol. The fourth-order valence-corrected chi connectivity index (χ4v) is 4.49. The van der Waals surface area contributed by atoms with Crippen LogP contribution in [0.15, 0.2) is 35.1 Å². The number of hydrogen-bond acceptors (Lipinski definition) is 7. The van der Waals surface area contributed by atoms with E-state index in [2.05, 4.69) is 4.98 Å². The summed E-state index contributed by atoms with van der Waals surface area (Å²) in [5, 5.41) is 11.2. The van der Waals surface area contributed by atoms with Crippen molar-refractivity contribution in [1.29, 1.82) is 0 Å². The van der Waals surface area contributed by atoms with Crippen LogP contribution in [0.1, 0.15) is 16.7 Å². The maximum atomic E-state index is 13.1. The molecule has 11 heteroatoms. The first-order chi connectivity index (χ1) is 14.2. The number of methoxy groups -OCH3 is 1. The lowest BCUT2D eigenvalue weighted by Gasteiger charge is -2.29. The van der Waals surface area contributed by atoms with Gasteiger partial charge in [-0.1, -0.05) is 17.4 Å². The summed E-state index contributed by atoms with van der Waals surface area (Å²) in [5.41, 5.74) is -0.854. The number of rotatable bonds is 3. The lowest BCUT2D eigenvalue weighted by molar-refractivity contribution is -0.383. The van der Waals surface area contributed by atoms with E-state index >= 15 is 0 Å². The highest BCUT2D eigenvalue weighted by molar-refractivity contribution is 7.22. The molecule has 30 heavy (non-hydrogen) atoms.